The molecule has 0 heterocycles. The van der Waals surface area contributed by atoms with E-state index in [2.05, 4.69) is 0 Å². The number of hydrogen-bond donors (Lipinski definition) is 1. The van der Waals surface area contributed by atoms with Crippen molar-refractivity contribution < 1.29 is 19.4 Å². The molecule has 19 heavy (non-hydrogen) atoms. The van der Waals surface area contributed by atoms with Crippen LogP contribution in [0.5, 0.6) is 5.75 Å². The highest BCUT2D eigenvalue weighted by Gasteiger charge is 2.10. The molecule has 0 spiro atoms. The normalized spacial score (nSPS) is 10.5. The number of benzene rings is 1. The van der Waals surface area contributed by atoms with Crippen molar-refractivity contribution in [2.75, 3.05) is 20.7 Å². The van der Waals surface area contributed by atoms with Crippen molar-refractivity contribution in [2.45, 2.75) is 19.9 Å². The lowest BCUT2D eigenvalue weighted by atomic mass is 10.1. The molecule has 0 atom stereocenters. The molecule has 0 aliphatic carbocycles. The van der Waals surface area contributed by atoms with Crippen LogP contribution in [0.15, 0.2) is 18.2 Å². The number of nitrogens with zero attached hydrogens (tertiary/aromatic N) is 1. The molecule has 5 nitrogen and oxygen atoms in total. The first-order valence-corrected chi connectivity index (χ1v) is 6.02. The molecule has 0 radical (unpaired) electrons. The van der Waals surface area contributed by atoms with Crippen LogP contribution < -0.4 is 4.74 Å². The summed E-state index contributed by atoms with van der Waals surface area (Å²) < 4.78 is 5.25. The number of methoxy groups -OCH3 is 1. The van der Waals surface area contributed by atoms with E-state index >= 15 is 0 Å². The molecule has 0 aliphatic heterocycles. The molecule has 1 N–H and O–H groups in total. The molecule has 0 saturated carbocycles. The summed E-state index contributed by atoms with van der Waals surface area (Å²) in [5, 5.41) is 8.65. The zero-order valence-electron chi connectivity index (χ0n) is 11.5. The van der Waals surface area contributed by atoms with Gasteiger partial charge in [-0.2, -0.15) is 0 Å². The van der Waals surface area contributed by atoms with Gasteiger partial charge in [-0.3, -0.25) is 9.59 Å². The quantitative estimate of drug-likeness (QED) is 0.761. The van der Waals surface area contributed by atoms with Crippen molar-refractivity contribution >= 4 is 11.8 Å². The van der Waals surface area contributed by atoms with Crippen LogP contribution in [-0.4, -0.2) is 42.5 Å². The minimum atomic E-state index is -0.823. The van der Waals surface area contributed by atoms with Gasteiger partial charge in [0, 0.05) is 24.2 Å². The Kier molecular flexibility index (Phi) is 5.51. The van der Waals surface area contributed by atoms with E-state index in [0.29, 0.717) is 24.4 Å². The molecular weight excluding hydrogens is 246 g/mol. The maximum absolute atomic E-state index is 11.4. The molecule has 5 heteroatoms. The first-order chi connectivity index (χ1) is 8.93. The van der Waals surface area contributed by atoms with Gasteiger partial charge in [-0.15, -0.1) is 0 Å². The van der Waals surface area contributed by atoms with Gasteiger partial charge in [0.2, 0.25) is 0 Å². The van der Waals surface area contributed by atoms with E-state index < -0.39 is 5.97 Å². The van der Waals surface area contributed by atoms with E-state index in [0.717, 1.165) is 5.56 Å². The first-order valence-electron chi connectivity index (χ1n) is 6.02. The monoisotopic (exact) mass is 265 g/mol. The average molecular weight is 265 g/mol. The Morgan fingerprint density at radius 3 is 2.58 bits per heavy atom. The summed E-state index contributed by atoms with van der Waals surface area (Å²) in [6, 6.07) is 5.28. The second-order valence-electron chi connectivity index (χ2n) is 4.46. The molecule has 1 aromatic carbocycles. The predicted octanol–water partition coefficient (Wildman–Crippen LogP) is 1.80. The summed E-state index contributed by atoms with van der Waals surface area (Å²) >= 11 is 0. The second-order valence-corrected chi connectivity index (χ2v) is 4.46. The van der Waals surface area contributed by atoms with Crippen LogP contribution in [0.1, 0.15) is 29.3 Å². The lowest BCUT2D eigenvalue weighted by Gasteiger charge is -2.18. The van der Waals surface area contributed by atoms with Gasteiger partial charge >= 0.3 is 5.97 Å². The number of ketones is 1. The number of ether oxygens (including phenoxy) is 1. The van der Waals surface area contributed by atoms with Gasteiger partial charge in [0.1, 0.15) is 5.75 Å². The van der Waals surface area contributed by atoms with E-state index in [1.807, 2.05) is 11.9 Å². The number of carboxylic acids is 1. The number of carboxylic acid groups (broad SMARTS) is 1. The first kappa shape index (κ1) is 15.2. The van der Waals surface area contributed by atoms with Gasteiger partial charge in [0.15, 0.2) is 5.78 Å². The van der Waals surface area contributed by atoms with E-state index in [-0.39, 0.29) is 12.2 Å². The minimum absolute atomic E-state index is 0.00269. The summed E-state index contributed by atoms with van der Waals surface area (Å²) in [6.45, 7) is 2.50. The number of hydrogen-bond acceptors (Lipinski definition) is 4. The highest BCUT2D eigenvalue weighted by Crippen LogP contribution is 2.21. The molecule has 104 valence electrons. The van der Waals surface area contributed by atoms with Crippen molar-refractivity contribution in [3.8, 4) is 5.75 Å². The SMILES string of the molecule is COc1ccc(C(C)=O)cc1CN(C)CCC(=O)O. The molecular formula is C14H19NO4. The lowest BCUT2D eigenvalue weighted by Crippen LogP contribution is -2.21. The van der Waals surface area contributed by atoms with Crippen molar-refractivity contribution in [2.24, 2.45) is 0 Å². The largest absolute Gasteiger partial charge is 0.496 e. The van der Waals surface area contributed by atoms with Gasteiger partial charge in [0.25, 0.3) is 0 Å². The fraction of sp³-hybridized carbons (Fsp3) is 0.429. The fourth-order valence-corrected chi connectivity index (χ4v) is 1.78. The van der Waals surface area contributed by atoms with Crippen LogP contribution in [0.3, 0.4) is 0 Å². The Morgan fingerprint density at radius 2 is 2.05 bits per heavy atom. The zero-order chi connectivity index (χ0) is 14.4. The highest BCUT2D eigenvalue weighted by atomic mass is 16.5. The third-order valence-corrected chi connectivity index (χ3v) is 2.83. The maximum Gasteiger partial charge on any atom is 0.304 e. The summed E-state index contributed by atoms with van der Waals surface area (Å²) in [5.74, 6) is -0.124. The predicted molar refractivity (Wildman–Crippen MR) is 71.6 cm³/mol. The molecule has 0 bridgehead atoms. The third-order valence-electron chi connectivity index (χ3n) is 2.83. The van der Waals surface area contributed by atoms with Crippen LogP contribution in [0.4, 0.5) is 0 Å². The Morgan fingerprint density at radius 1 is 1.37 bits per heavy atom. The van der Waals surface area contributed by atoms with Crippen LogP contribution in [-0.2, 0) is 11.3 Å². The Hall–Kier alpha value is -1.88. The zero-order valence-corrected chi connectivity index (χ0v) is 11.5. The summed E-state index contributed by atoms with van der Waals surface area (Å²) in [5.41, 5.74) is 1.51. The van der Waals surface area contributed by atoms with E-state index in [1.165, 1.54) is 6.92 Å². The van der Waals surface area contributed by atoms with Gasteiger partial charge in [-0.1, -0.05) is 0 Å². The molecule has 1 rings (SSSR count). The molecule has 0 unspecified atom stereocenters. The van der Waals surface area contributed by atoms with E-state index in [1.54, 1.807) is 25.3 Å². The number of rotatable bonds is 7. The smallest absolute Gasteiger partial charge is 0.304 e. The highest BCUT2D eigenvalue weighted by molar-refractivity contribution is 5.94. The number of Topliss-reactive ketones (excluding diaryl/α,β-unsaturated/α-hetero) is 1. The molecule has 0 amide bonds. The Balaban J connectivity index is 2.82. The minimum Gasteiger partial charge on any atom is -0.496 e. The number of carbonyl (C=O) groups excluding carboxylic acids is 1. The van der Waals surface area contributed by atoms with Crippen LogP contribution in [0.2, 0.25) is 0 Å². The fourth-order valence-electron chi connectivity index (χ4n) is 1.78. The van der Waals surface area contributed by atoms with Crippen molar-refractivity contribution in [1.29, 1.82) is 0 Å². The van der Waals surface area contributed by atoms with Gasteiger partial charge in [-0.05, 0) is 32.2 Å². The van der Waals surface area contributed by atoms with E-state index in [9.17, 15) is 9.59 Å². The van der Waals surface area contributed by atoms with Gasteiger partial charge in [0.05, 0.1) is 13.5 Å². The molecule has 0 aliphatic rings. The van der Waals surface area contributed by atoms with Crippen molar-refractivity contribution in [3.63, 3.8) is 0 Å². The topological polar surface area (TPSA) is 66.8 Å². The Labute approximate surface area is 112 Å². The standard InChI is InChI=1S/C14H19NO4/c1-10(16)11-4-5-13(19-3)12(8-11)9-15(2)7-6-14(17)18/h4-5,8H,6-7,9H2,1-3H3,(H,17,18). The summed E-state index contributed by atoms with van der Waals surface area (Å²) in [6.07, 6.45) is 0.0885. The lowest BCUT2D eigenvalue weighted by molar-refractivity contribution is -0.137. The van der Waals surface area contributed by atoms with Crippen molar-refractivity contribution in [3.05, 3.63) is 29.3 Å². The summed E-state index contributed by atoms with van der Waals surface area (Å²) in [7, 11) is 3.41. The molecule has 0 saturated heterocycles. The molecule has 0 aromatic heterocycles. The van der Waals surface area contributed by atoms with E-state index in [4.69, 9.17) is 9.84 Å². The summed E-state index contributed by atoms with van der Waals surface area (Å²) in [4.78, 5) is 23.8. The van der Waals surface area contributed by atoms with Crippen LogP contribution in [0.25, 0.3) is 0 Å². The third kappa shape index (κ3) is 4.71. The molecule has 1 aromatic rings. The molecule has 0 fully saturated rings. The Bertz CT molecular complexity index is 471. The average Bonchev–Trinajstić information content (AvgIpc) is 2.36. The van der Waals surface area contributed by atoms with Crippen LogP contribution in [0, 0.1) is 0 Å². The van der Waals surface area contributed by atoms with Crippen LogP contribution >= 0.6 is 0 Å². The van der Waals surface area contributed by atoms with Crippen molar-refractivity contribution in [1.82, 2.24) is 4.90 Å². The second kappa shape index (κ2) is 6.89. The van der Waals surface area contributed by atoms with Gasteiger partial charge < -0.3 is 14.7 Å². The van der Waals surface area contributed by atoms with Gasteiger partial charge in [-0.25, -0.2) is 0 Å². The maximum atomic E-state index is 11.4. The number of carbonyl (C=O) groups is 2. The number of aliphatic carboxylic acids is 1.